The van der Waals surface area contributed by atoms with Crippen LogP contribution in [0.3, 0.4) is 0 Å². The predicted octanol–water partition coefficient (Wildman–Crippen LogP) is 5.58. The van der Waals surface area contributed by atoms with Crippen LogP contribution in [0.1, 0.15) is 43.2 Å². The Morgan fingerprint density at radius 1 is 1.12 bits per heavy atom. The number of benzene rings is 2. The Hall–Kier alpha value is -3.78. The van der Waals surface area contributed by atoms with E-state index in [9.17, 15) is 9.59 Å². The Balaban J connectivity index is 1.60. The number of aliphatic imine (C=N–C) groups is 1. The number of para-hydroxylation sites is 1. The summed E-state index contributed by atoms with van der Waals surface area (Å²) in [5.41, 5.74) is 4.11. The molecule has 0 radical (unpaired) electrons. The van der Waals surface area contributed by atoms with Gasteiger partial charge in [-0.3, -0.25) is 9.69 Å². The number of carbonyl (C=O) groups is 2. The maximum atomic E-state index is 12.5. The molecule has 2 aromatic carbocycles. The summed E-state index contributed by atoms with van der Waals surface area (Å²) in [6, 6.07) is 13.1. The number of esters is 1. The zero-order chi connectivity index (χ0) is 24.4. The van der Waals surface area contributed by atoms with Gasteiger partial charge in [0, 0.05) is 17.9 Å². The van der Waals surface area contributed by atoms with E-state index in [1.165, 1.54) is 18.3 Å². The van der Waals surface area contributed by atoms with Crippen LogP contribution in [0.2, 0.25) is 0 Å². The second-order valence-corrected chi connectivity index (χ2v) is 9.01. The average Bonchev–Trinajstić information content (AvgIpc) is 3.37. The van der Waals surface area contributed by atoms with E-state index in [0.717, 1.165) is 22.6 Å². The maximum Gasteiger partial charge on any atom is 0.363 e. The second kappa shape index (κ2) is 9.61. The van der Waals surface area contributed by atoms with Crippen molar-refractivity contribution < 1.29 is 19.1 Å². The molecule has 0 N–H and O–H groups in total. The molecular formula is C26H25N3O4S. The first-order chi connectivity index (χ1) is 16.2. The van der Waals surface area contributed by atoms with Crippen molar-refractivity contribution in [2.45, 2.75) is 40.7 Å². The molecule has 3 aromatic rings. The first-order valence-electron chi connectivity index (χ1n) is 10.8. The van der Waals surface area contributed by atoms with E-state index in [0.29, 0.717) is 16.4 Å². The Morgan fingerprint density at radius 3 is 2.41 bits per heavy atom. The Kier molecular flexibility index (Phi) is 6.61. The fourth-order valence-corrected chi connectivity index (χ4v) is 4.44. The van der Waals surface area contributed by atoms with Gasteiger partial charge in [0.2, 0.25) is 11.8 Å². The van der Waals surface area contributed by atoms with Gasteiger partial charge in [-0.15, -0.1) is 11.3 Å². The van der Waals surface area contributed by atoms with Gasteiger partial charge >= 0.3 is 5.97 Å². The predicted molar refractivity (Wildman–Crippen MR) is 134 cm³/mol. The van der Waals surface area contributed by atoms with E-state index in [4.69, 9.17) is 9.47 Å². The third-order valence-electron chi connectivity index (χ3n) is 5.06. The summed E-state index contributed by atoms with van der Waals surface area (Å²) >= 11 is 1.32. The molecule has 0 aliphatic carbocycles. The standard InChI is InChI=1S/C26H25N3O4S/c1-15(2)32-21-11-9-19(10-12-21)24-28-22(25(31)33-24)13-20-14-34-26(27-20)29(18(5)30)23-16(3)7-6-8-17(23)4/h6-15H,1-5H3/b22-13+. The topological polar surface area (TPSA) is 81.1 Å². The quantitative estimate of drug-likeness (QED) is 0.344. The van der Waals surface area contributed by atoms with E-state index >= 15 is 0 Å². The summed E-state index contributed by atoms with van der Waals surface area (Å²) in [4.78, 5) is 35.5. The smallest absolute Gasteiger partial charge is 0.363 e. The maximum absolute atomic E-state index is 12.5. The van der Waals surface area contributed by atoms with Gasteiger partial charge in [0.1, 0.15) is 5.75 Å². The third kappa shape index (κ3) is 4.92. The van der Waals surface area contributed by atoms with Crippen LogP contribution in [-0.2, 0) is 14.3 Å². The number of hydrogen-bond acceptors (Lipinski definition) is 7. The second-order valence-electron chi connectivity index (χ2n) is 8.18. The lowest BCUT2D eigenvalue weighted by atomic mass is 10.1. The highest BCUT2D eigenvalue weighted by atomic mass is 32.1. The minimum Gasteiger partial charge on any atom is -0.491 e. The molecule has 1 aliphatic heterocycles. The molecule has 174 valence electrons. The number of cyclic esters (lactones) is 1. The monoisotopic (exact) mass is 475 g/mol. The first kappa shape index (κ1) is 23.4. The highest BCUT2D eigenvalue weighted by molar-refractivity contribution is 7.14. The van der Waals surface area contributed by atoms with Gasteiger partial charge in [-0.2, -0.15) is 0 Å². The summed E-state index contributed by atoms with van der Waals surface area (Å²) in [6.45, 7) is 9.33. The molecule has 0 atom stereocenters. The number of aromatic nitrogens is 1. The molecule has 0 spiro atoms. The first-order valence-corrected chi connectivity index (χ1v) is 11.7. The van der Waals surface area contributed by atoms with Crippen molar-refractivity contribution in [3.8, 4) is 5.75 Å². The van der Waals surface area contributed by atoms with Crippen LogP contribution in [0.15, 0.2) is 58.5 Å². The van der Waals surface area contributed by atoms with Gasteiger partial charge in [0.05, 0.1) is 17.5 Å². The summed E-state index contributed by atoms with van der Waals surface area (Å²) in [6.07, 6.45) is 1.63. The minimum atomic E-state index is -0.551. The Morgan fingerprint density at radius 2 is 1.79 bits per heavy atom. The summed E-state index contributed by atoms with van der Waals surface area (Å²) in [5, 5.41) is 2.30. The molecule has 1 amide bonds. The number of carbonyl (C=O) groups excluding carboxylic acids is 2. The molecule has 2 heterocycles. The van der Waals surface area contributed by atoms with E-state index in [1.807, 2.05) is 58.0 Å². The lowest BCUT2D eigenvalue weighted by Crippen LogP contribution is -2.24. The van der Waals surface area contributed by atoms with Crippen molar-refractivity contribution in [1.29, 1.82) is 0 Å². The lowest BCUT2D eigenvalue weighted by Gasteiger charge is -2.22. The molecular weight excluding hydrogens is 450 g/mol. The summed E-state index contributed by atoms with van der Waals surface area (Å²) < 4.78 is 11.0. The molecule has 0 saturated heterocycles. The van der Waals surface area contributed by atoms with Crippen LogP contribution >= 0.6 is 11.3 Å². The molecule has 7 nitrogen and oxygen atoms in total. The van der Waals surface area contributed by atoms with Gasteiger partial charge in [-0.1, -0.05) is 18.2 Å². The van der Waals surface area contributed by atoms with Crippen LogP contribution in [0.4, 0.5) is 10.8 Å². The van der Waals surface area contributed by atoms with Crippen molar-refractivity contribution in [3.05, 3.63) is 75.9 Å². The van der Waals surface area contributed by atoms with Crippen molar-refractivity contribution in [1.82, 2.24) is 4.98 Å². The van der Waals surface area contributed by atoms with E-state index in [-0.39, 0.29) is 23.6 Å². The molecule has 0 unspecified atom stereocenters. The molecule has 4 rings (SSSR count). The van der Waals surface area contributed by atoms with Crippen LogP contribution < -0.4 is 9.64 Å². The van der Waals surface area contributed by atoms with Gasteiger partial charge in [0.15, 0.2) is 10.8 Å². The molecule has 8 heteroatoms. The SMILES string of the molecule is CC(=O)N(c1nc(/C=C2/N=C(c3ccc(OC(C)C)cc3)OC2=O)cs1)c1c(C)cccc1C. The Labute approximate surface area is 202 Å². The van der Waals surface area contributed by atoms with Crippen molar-refractivity contribution in [3.63, 3.8) is 0 Å². The van der Waals surface area contributed by atoms with Crippen molar-refractivity contribution >= 4 is 46.0 Å². The highest BCUT2D eigenvalue weighted by Crippen LogP contribution is 2.34. The number of ether oxygens (including phenoxy) is 2. The molecule has 34 heavy (non-hydrogen) atoms. The highest BCUT2D eigenvalue weighted by Gasteiger charge is 2.26. The molecule has 0 fully saturated rings. The van der Waals surface area contributed by atoms with Crippen molar-refractivity contribution in [2.24, 2.45) is 4.99 Å². The Bertz CT molecular complexity index is 1290. The van der Waals surface area contributed by atoms with E-state index < -0.39 is 5.97 Å². The summed E-state index contributed by atoms with van der Waals surface area (Å²) in [7, 11) is 0. The normalized spacial score (nSPS) is 14.4. The van der Waals surface area contributed by atoms with Gasteiger partial charge in [0.25, 0.3) is 0 Å². The largest absolute Gasteiger partial charge is 0.491 e. The third-order valence-corrected chi connectivity index (χ3v) is 5.90. The molecule has 1 aliphatic rings. The number of amides is 1. The fraction of sp³-hybridized carbons (Fsp3) is 0.231. The van der Waals surface area contributed by atoms with Crippen LogP contribution in [-0.4, -0.2) is 28.9 Å². The zero-order valence-corrected chi connectivity index (χ0v) is 20.5. The van der Waals surface area contributed by atoms with Crippen molar-refractivity contribution in [2.75, 3.05) is 4.90 Å². The number of hydrogen-bond donors (Lipinski definition) is 0. The molecule has 0 bridgehead atoms. The number of anilines is 2. The van der Waals surface area contributed by atoms with Gasteiger partial charge < -0.3 is 9.47 Å². The number of nitrogens with zero attached hydrogens (tertiary/aromatic N) is 3. The van der Waals surface area contributed by atoms with Crippen LogP contribution in [0, 0.1) is 13.8 Å². The van der Waals surface area contributed by atoms with Crippen LogP contribution in [0.5, 0.6) is 5.75 Å². The zero-order valence-electron chi connectivity index (χ0n) is 19.7. The van der Waals surface area contributed by atoms with Gasteiger partial charge in [-0.05, 0) is 69.2 Å². The number of aryl methyl sites for hydroxylation is 2. The van der Waals surface area contributed by atoms with Crippen LogP contribution in [0.25, 0.3) is 6.08 Å². The fourth-order valence-electron chi connectivity index (χ4n) is 3.61. The van der Waals surface area contributed by atoms with Gasteiger partial charge in [-0.25, -0.2) is 14.8 Å². The lowest BCUT2D eigenvalue weighted by molar-refractivity contribution is -0.130. The average molecular weight is 476 g/mol. The minimum absolute atomic E-state index is 0.0682. The summed E-state index contributed by atoms with van der Waals surface area (Å²) in [5.74, 6) is 0.263. The molecule has 1 aromatic heterocycles. The molecule has 0 saturated carbocycles. The van der Waals surface area contributed by atoms with E-state index in [2.05, 4.69) is 9.98 Å². The number of thiazole rings is 1. The number of rotatable bonds is 6. The van der Waals surface area contributed by atoms with E-state index in [1.54, 1.807) is 28.5 Å².